The van der Waals surface area contributed by atoms with E-state index in [9.17, 15) is 13.2 Å². The number of amides is 2. The lowest BCUT2D eigenvalue weighted by Gasteiger charge is -2.22. The Morgan fingerprint density at radius 3 is 2.56 bits per heavy atom. The summed E-state index contributed by atoms with van der Waals surface area (Å²) in [4.78, 5) is 12.7. The van der Waals surface area contributed by atoms with Crippen LogP contribution in [0, 0.1) is 0 Å². The second-order valence-electron chi connectivity index (χ2n) is 4.40. The van der Waals surface area contributed by atoms with E-state index in [1.54, 1.807) is 24.3 Å². The molecular weight excluding hydrogens is 252 g/mol. The van der Waals surface area contributed by atoms with Gasteiger partial charge >= 0.3 is 6.03 Å². The van der Waals surface area contributed by atoms with Gasteiger partial charge < -0.3 is 10.6 Å². The van der Waals surface area contributed by atoms with E-state index >= 15 is 0 Å². The number of hydrogen-bond donors (Lipinski definition) is 1. The van der Waals surface area contributed by atoms with E-state index in [0.717, 1.165) is 0 Å². The Morgan fingerprint density at radius 1 is 1.28 bits per heavy atom. The zero-order valence-electron chi connectivity index (χ0n) is 9.95. The molecule has 1 aromatic carbocycles. The van der Waals surface area contributed by atoms with Crippen molar-refractivity contribution in [1.29, 1.82) is 0 Å². The monoisotopic (exact) mass is 268 g/mol. The van der Waals surface area contributed by atoms with Crippen LogP contribution in [0.1, 0.15) is 17.2 Å². The lowest BCUT2D eigenvalue weighted by atomic mass is 10.1. The average Bonchev–Trinajstić information content (AvgIpc) is 2.48. The van der Waals surface area contributed by atoms with Gasteiger partial charge in [-0.2, -0.15) is 0 Å². The molecule has 0 bridgehead atoms. The van der Waals surface area contributed by atoms with E-state index in [0.29, 0.717) is 18.5 Å². The second-order valence-corrected chi connectivity index (χ2v) is 6.71. The first-order valence-electron chi connectivity index (χ1n) is 5.81. The highest BCUT2D eigenvalue weighted by Gasteiger charge is 2.32. The van der Waals surface area contributed by atoms with E-state index in [1.807, 2.05) is 6.07 Å². The summed E-state index contributed by atoms with van der Waals surface area (Å²) in [7, 11) is -3.23. The fourth-order valence-electron chi connectivity index (χ4n) is 2.18. The van der Waals surface area contributed by atoms with Crippen molar-refractivity contribution in [2.45, 2.75) is 11.7 Å². The van der Waals surface area contributed by atoms with Gasteiger partial charge in [0, 0.05) is 13.1 Å². The van der Waals surface area contributed by atoms with Gasteiger partial charge in [0.1, 0.15) is 5.25 Å². The number of carbonyl (C=O) groups is 1. The minimum Gasteiger partial charge on any atom is -0.351 e. The zero-order chi connectivity index (χ0) is 13.2. The summed E-state index contributed by atoms with van der Waals surface area (Å²) in [5, 5.41) is -0.673. The van der Waals surface area contributed by atoms with Crippen molar-refractivity contribution < 1.29 is 13.2 Å². The minimum atomic E-state index is -3.23. The van der Waals surface area contributed by atoms with E-state index in [2.05, 4.69) is 0 Å². The number of rotatable bonds is 1. The molecule has 18 heavy (non-hydrogen) atoms. The topological polar surface area (TPSA) is 80.5 Å². The van der Waals surface area contributed by atoms with E-state index < -0.39 is 21.1 Å². The lowest BCUT2D eigenvalue weighted by molar-refractivity contribution is 0.208. The lowest BCUT2D eigenvalue weighted by Crippen LogP contribution is -2.38. The molecule has 0 saturated carbocycles. The van der Waals surface area contributed by atoms with Crippen molar-refractivity contribution >= 4 is 15.9 Å². The molecule has 1 aliphatic heterocycles. The fraction of sp³-hybridized carbons (Fsp3) is 0.417. The molecule has 1 aliphatic rings. The Hall–Kier alpha value is -1.56. The van der Waals surface area contributed by atoms with Crippen molar-refractivity contribution in [1.82, 2.24) is 4.90 Å². The highest BCUT2D eigenvalue weighted by Crippen LogP contribution is 2.27. The molecule has 1 aromatic rings. The number of nitrogens with zero attached hydrogens (tertiary/aromatic N) is 1. The van der Waals surface area contributed by atoms with Crippen LogP contribution in [0.5, 0.6) is 0 Å². The molecule has 2 rings (SSSR count). The molecule has 1 fully saturated rings. The van der Waals surface area contributed by atoms with Crippen LogP contribution in [0.25, 0.3) is 0 Å². The molecular formula is C12H16N2O3S. The van der Waals surface area contributed by atoms with E-state index in [-0.39, 0.29) is 12.3 Å². The molecule has 0 spiro atoms. The van der Waals surface area contributed by atoms with E-state index in [1.165, 1.54) is 4.90 Å². The standard InChI is InChI=1S/C12H16N2O3S/c13-12(15)14-7-4-8-18(16,17)11(9-14)10-5-2-1-3-6-10/h1-3,5-6,11H,4,7-9H2,(H2,13,15). The second kappa shape index (κ2) is 4.97. The number of carbonyl (C=O) groups excluding carboxylic acids is 1. The van der Waals surface area contributed by atoms with Gasteiger partial charge in [-0.05, 0) is 12.0 Å². The van der Waals surface area contributed by atoms with Crippen LogP contribution in [0.15, 0.2) is 30.3 Å². The summed E-state index contributed by atoms with van der Waals surface area (Å²) in [6.45, 7) is 0.541. The summed E-state index contributed by atoms with van der Waals surface area (Å²) in [6, 6.07) is 8.40. The smallest absolute Gasteiger partial charge is 0.314 e. The maximum absolute atomic E-state index is 12.2. The third-order valence-electron chi connectivity index (χ3n) is 3.16. The molecule has 1 atom stereocenters. The number of benzene rings is 1. The van der Waals surface area contributed by atoms with Crippen LogP contribution >= 0.6 is 0 Å². The molecule has 0 aromatic heterocycles. The van der Waals surface area contributed by atoms with Gasteiger partial charge in [0.2, 0.25) is 0 Å². The molecule has 0 radical (unpaired) electrons. The fourth-order valence-corrected chi connectivity index (χ4v) is 3.98. The number of hydrogen-bond acceptors (Lipinski definition) is 3. The van der Waals surface area contributed by atoms with Gasteiger partial charge in [-0.15, -0.1) is 0 Å². The van der Waals surface area contributed by atoms with Crippen molar-refractivity contribution in [3.8, 4) is 0 Å². The first kappa shape index (κ1) is 12.9. The zero-order valence-corrected chi connectivity index (χ0v) is 10.8. The van der Waals surface area contributed by atoms with Crippen LogP contribution in [-0.4, -0.2) is 38.2 Å². The van der Waals surface area contributed by atoms with E-state index in [4.69, 9.17) is 5.73 Å². The predicted molar refractivity (Wildman–Crippen MR) is 68.7 cm³/mol. The Morgan fingerprint density at radius 2 is 1.94 bits per heavy atom. The van der Waals surface area contributed by atoms with Crippen LogP contribution < -0.4 is 5.73 Å². The quantitative estimate of drug-likeness (QED) is 0.822. The third kappa shape index (κ3) is 2.64. The molecule has 1 heterocycles. The van der Waals surface area contributed by atoms with Gasteiger partial charge in [-0.25, -0.2) is 13.2 Å². The maximum atomic E-state index is 12.2. The van der Waals surface area contributed by atoms with Crippen molar-refractivity contribution in [2.75, 3.05) is 18.8 Å². The van der Waals surface area contributed by atoms with Gasteiger partial charge in [0.15, 0.2) is 9.84 Å². The van der Waals surface area contributed by atoms with Crippen LogP contribution in [0.3, 0.4) is 0 Å². The van der Waals surface area contributed by atoms with Crippen molar-refractivity contribution in [3.63, 3.8) is 0 Å². The van der Waals surface area contributed by atoms with Crippen LogP contribution in [0.2, 0.25) is 0 Å². The van der Waals surface area contributed by atoms with Crippen molar-refractivity contribution in [2.24, 2.45) is 5.73 Å². The Bertz CT molecular complexity index is 528. The summed E-state index contributed by atoms with van der Waals surface area (Å²) in [5.74, 6) is 0.0936. The molecule has 0 aliphatic carbocycles. The van der Waals surface area contributed by atoms with Gasteiger partial charge in [-0.3, -0.25) is 0 Å². The molecule has 98 valence electrons. The SMILES string of the molecule is NC(=O)N1CCCS(=O)(=O)C(c2ccccc2)C1. The molecule has 2 amide bonds. The molecule has 2 N–H and O–H groups in total. The maximum Gasteiger partial charge on any atom is 0.314 e. The van der Waals surface area contributed by atoms with Gasteiger partial charge in [0.05, 0.1) is 5.75 Å². The summed E-state index contributed by atoms with van der Waals surface area (Å²) < 4.78 is 24.4. The molecule has 1 saturated heterocycles. The largest absolute Gasteiger partial charge is 0.351 e. The average molecular weight is 268 g/mol. The normalized spacial score (nSPS) is 23.3. The van der Waals surface area contributed by atoms with Crippen LogP contribution in [0.4, 0.5) is 4.79 Å². The molecule has 6 heteroatoms. The third-order valence-corrected chi connectivity index (χ3v) is 5.31. The number of sulfone groups is 1. The predicted octanol–water partition coefficient (Wildman–Crippen LogP) is 0.927. The van der Waals surface area contributed by atoms with Gasteiger partial charge in [0.25, 0.3) is 0 Å². The minimum absolute atomic E-state index is 0.0936. The first-order valence-corrected chi connectivity index (χ1v) is 7.53. The van der Waals surface area contributed by atoms with Crippen molar-refractivity contribution in [3.05, 3.63) is 35.9 Å². The number of urea groups is 1. The number of nitrogens with two attached hydrogens (primary N) is 1. The summed E-state index contributed by atoms with van der Waals surface area (Å²) >= 11 is 0. The summed E-state index contributed by atoms with van der Waals surface area (Å²) in [6.07, 6.45) is 0.439. The Labute approximate surface area is 107 Å². The molecule has 1 unspecified atom stereocenters. The highest BCUT2D eigenvalue weighted by molar-refractivity contribution is 7.91. The first-order chi connectivity index (χ1) is 8.50. The van der Waals surface area contributed by atoms with Crippen LogP contribution in [-0.2, 0) is 9.84 Å². The summed E-state index contributed by atoms with van der Waals surface area (Å²) in [5.41, 5.74) is 5.97. The number of primary amides is 1. The van der Waals surface area contributed by atoms with Gasteiger partial charge in [-0.1, -0.05) is 30.3 Å². The highest BCUT2D eigenvalue weighted by atomic mass is 32.2. The Kier molecular flexibility index (Phi) is 3.56. The molecule has 5 nitrogen and oxygen atoms in total. The Balaban J connectivity index is 2.36.